The minimum Gasteiger partial charge on any atom is -0.426 e. The normalized spacial score (nSPS) is 10.5. The van der Waals surface area contributed by atoms with Crippen molar-refractivity contribution in [1.82, 2.24) is 5.39 Å². The van der Waals surface area contributed by atoms with Gasteiger partial charge in [0.25, 0.3) is 0 Å². The molecule has 0 amide bonds. The quantitative estimate of drug-likeness (QED) is 0.471. The molecule has 0 aliphatic heterocycles. The van der Waals surface area contributed by atoms with Gasteiger partial charge in [-0.1, -0.05) is 24.3 Å². The van der Waals surface area contributed by atoms with Gasteiger partial charge in [0.1, 0.15) is 17.1 Å². The van der Waals surface area contributed by atoms with E-state index in [9.17, 15) is 9.59 Å². The Morgan fingerprint density at radius 2 is 1.79 bits per heavy atom. The Morgan fingerprint density at radius 3 is 2.50 bits per heavy atom. The number of esters is 2. The average Bonchev–Trinajstić information content (AvgIpc) is 2.53. The molecule has 2 N–H and O–H groups in total. The van der Waals surface area contributed by atoms with E-state index in [1.54, 1.807) is 30.3 Å². The number of nitrogens with zero attached hydrogens (tertiary/aromatic N) is 1. The van der Waals surface area contributed by atoms with Crippen molar-refractivity contribution in [2.75, 3.05) is 0 Å². The topological polar surface area (TPSA) is 106 Å². The molecule has 0 bridgehead atoms. The highest BCUT2D eigenvalue weighted by atomic mass is 17.1. The fourth-order valence-electron chi connectivity index (χ4n) is 1.87. The van der Waals surface area contributed by atoms with Gasteiger partial charge < -0.3 is 9.47 Å². The van der Waals surface area contributed by atoms with Gasteiger partial charge in [-0.05, 0) is 29.8 Å². The molecule has 8 heteroatoms. The molecule has 0 aliphatic rings. The maximum Gasteiger partial charge on any atom is 0.347 e. The monoisotopic (exact) mass is 333 g/mol. The molecular weight excluding hydrogens is 318 g/mol. The molecule has 0 atom stereocenters. The fourth-order valence-corrected chi connectivity index (χ4v) is 1.87. The molecule has 0 saturated carbocycles. The molecule has 126 valence electrons. The fraction of sp³-hybridized carbons (Fsp3) is 0.125. The minimum absolute atomic E-state index is 0.102. The Morgan fingerprint density at radius 1 is 1.04 bits per heavy atom. The van der Waals surface area contributed by atoms with Crippen LogP contribution in [-0.4, -0.2) is 27.7 Å². The molecular formula is C16H15NO7. The van der Waals surface area contributed by atoms with E-state index in [1.165, 1.54) is 25.1 Å². The number of rotatable bonds is 6. The zero-order chi connectivity index (χ0) is 17.5. The van der Waals surface area contributed by atoms with E-state index in [0.717, 1.165) is 0 Å². The van der Waals surface area contributed by atoms with E-state index in [-0.39, 0.29) is 23.7 Å². The Bertz CT molecular complexity index is 730. The minimum atomic E-state index is -0.698. The van der Waals surface area contributed by atoms with Crippen molar-refractivity contribution >= 4 is 11.9 Å². The molecule has 0 unspecified atom stereocenters. The molecule has 0 heterocycles. The van der Waals surface area contributed by atoms with E-state index in [4.69, 9.17) is 19.9 Å². The van der Waals surface area contributed by atoms with Gasteiger partial charge in [0.05, 0.1) is 12.0 Å². The smallest absolute Gasteiger partial charge is 0.347 e. The number of benzene rings is 2. The van der Waals surface area contributed by atoms with Gasteiger partial charge in [-0.15, -0.1) is 0 Å². The number of carbonyl (C=O) groups excluding carboxylic acids is 2. The van der Waals surface area contributed by atoms with Crippen molar-refractivity contribution in [2.45, 2.75) is 13.5 Å². The first-order valence-electron chi connectivity index (χ1n) is 6.85. The van der Waals surface area contributed by atoms with Crippen LogP contribution in [-0.2, 0) is 16.2 Å². The average molecular weight is 333 g/mol. The second-order valence-electron chi connectivity index (χ2n) is 4.65. The second kappa shape index (κ2) is 8.18. The van der Waals surface area contributed by atoms with E-state index in [0.29, 0.717) is 5.56 Å². The van der Waals surface area contributed by atoms with Crippen LogP contribution in [0.4, 0.5) is 0 Å². The third-order valence-electron chi connectivity index (χ3n) is 2.82. The summed E-state index contributed by atoms with van der Waals surface area (Å²) in [6, 6.07) is 12.5. The van der Waals surface area contributed by atoms with E-state index >= 15 is 0 Å². The van der Waals surface area contributed by atoms with Crippen LogP contribution in [0.25, 0.3) is 0 Å². The summed E-state index contributed by atoms with van der Waals surface area (Å²) in [4.78, 5) is 27.8. The van der Waals surface area contributed by atoms with Crippen LogP contribution in [0.1, 0.15) is 22.8 Å². The molecule has 0 saturated heterocycles. The van der Waals surface area contributed by atoms with Crippen LogP contribution in [0.15, 0.2) is 48.5 Å². The summed E-state index contributed by atoms with van der Waals surface area (Å²) < 4.78 is 10.2. The lowest BCUT2D eigenvalue weighted by Gasteiger charge is -2.10. The molecule has 2 aromatic rings. The van der Waals surface area contributed by atoms with Crippen LogP contribution >= 0.6 is 0 Å². The van der Waals surface area contributed by atoms with Crippen molar-refractivity contribution in [3.63, 3.8) is 0 Å². The Hall–Kier alpha value is -2.78. The summed E-state index contributed by atoms with van der Waals surface area (Å²) in [7, 11) is 0. The van der Waals surface area contributed by atoms with Gasteiger partial charge >= 0.3 is 11.9 Å². The summed E-state index contributed by atoms with van der Waals surface area (Å²) in [6.07, 6.45) is 0. The lowest BCUT2D eigenvalue weighted by Crippen LogP contribution is -2.14. The summed E-state index contributed by atoms with van der Waals surface area (Å²) in [5, 5.41) is 16.6. The first kappa shape index (κ1) is 17.6. The molecule has 0 fully saturated rings. The Kier molecular flexibility index (Phi) is 5.99. The largest absolute Gasteiger partial charge is 0.426 e. The van der Waals surface area contributed by atoms with E-state index in [1.807, 2.05) is 0 Å². The van der Waals surface area contributed by atoms with Gasteiger partial charge in [-0.25, -0.2) is 9.63 Å². The third kappa shape index (κ3) is 5.14. The lowest BCUT2D eigenvalue weighted by atomic mass is 10.2. The molecule has 2 aromatic carbocycles. The molecule has 2 rings (SSSR count). The molecule has 0 spiro atoms. The van der Waals surface area contributed by atoms with Crippen LogP contribution in [0, 0.1) is 0 Å². The van der Waals surface area contributed by atoms with Crippen LogP contribution in [0.5, 0.6) is 11.5 Å². The van der Waals surface area contributed by atoms with Gasteiger partial charge in [-0.3, -0.25) is 15.2 Å². The van der Waals surface area contributed by atoms with Gasteiger partial charge in [0.2, 0.25) is 0 Å². The number of carbonyl (C=O) groups is 2. The van der Waals surface area contributed by atoms with Crippen molar-refractivity contribution in [3.8, 4) is 11.5 Å². The highest BCUT2D eigenvalue weighted by molar-refractivity contribution is 5.94. The van der Waals surface area contributed by atoms with Gasteiger partial charge in [0, 0.05) is 6.92 Å². The van der Waals surface area contributed by atoms with Gasteiger partial charge in [-0.2, -0.15) is 0 Å². The Balaban J connectivity index is 2.12. The second-order valence-corrected chi connectivity index (χ2v) is 4.65. The van der Waals surface area contributed by atoms with Crippen LogP contribution < -0.4 is 9.47 Å². The molecule has 8 nitrogen and oxygen atoms in total. The predicted molar refractivity (Wildman–Crippen MR) is 79.4 cm³/mol. The first-order valence-corrected chi connectivity index (χ1v) is 6.85. The maximum atomic E-state index is 12.3. The zero-order valence-electron chi connectivity index (χ0n) is 12.7. The predicted octanol–water partition coefficient (Wildman–Crippen LogP) is 2.34. The van der Waals surface area contributed by atoms with Crippen molar-refractivity contribution in [2.24, 2.45) is 0 Å². The standard InChI is InChI=1S/C16H15NO7/c1-11(18)23-15-8-3-2-7-14(15)16(19)24-13-6-4-5-12(9-13)10-22-17(20)21/h2-9,20-21H,10H2,1H3. The zero-order valence-corrected chi connectivity index (χ0v) is 12.7. The van der Waals surface area contributed by atoms with E-state index < -0.39 is 17.3 Å². The summed E-state index contributed by atoms with van der Waals surface area (Å²) in [5.41, 5.74) is 0.646. The van der Waals surface area contributed by atoms with Crippen molar-refractivity contribution < 1.29 is 34.3 Å². The number of ether oxygens (including phenoxy) is 2. The molecule has 0 aromatic heterocycles. The first-order chi connectivity index (χ1) is 11.5. The highest BCUT2D eigenvalue weighted by Crippen LogP contribution is 2.22. The molecule has 0 aliphatic carbocycles. The third-order valence-corrected chi connectivity index (χ3v) is 2.82. The summed E-state index contributed by atoms with van der Waals surface area (Å²) >= 11 is 0. The van der Waals surface area contributed by atoms with Crippen LogP contribution in [0.2, 0.25) is 0 Å². The molecule has 24 heavy (non-hydrogen) atoms. The maximum absolute atomic E-state index is 12.3. The number of hydrogen-bond acceptors (Lipinski definition) is 8. The SMILES string of the molecule is CC(=O)Oc1ccccc1C(=O)Oc1cccc(CON(O)O)c1. The Labute approximate surface area is 137 Å². The van der Waals surface area contributed by atoms with Gasteiger partial charge in [0.15, 0.2) is 0 Å². The van der Waals surface area contributed by atoms with Crippen LogP contribution in [0.3, 0.4) is 0 Å². The highest BCUT2D eigenvalue weighted by Gasteiger charge is 2.16. The summed E-state index contributed by atoms with van der Waals surface area (Å²) in [6.45, 7) is 1.10. The number of para-hydroxylation sites is 1. The number of hydrogen-bond donors (Lipinski definition) is 2. The summed E-state index contributed by atoms with van der Waals surface area (Å²) in [5.74, 6) is -0.922. The van der Waals surface area contributed by atoms with Crippen molar-refractivity contribution in [3.05, 3.63) is 59.7 Å². The lowest BCUT2D eigenvalue weighted by molar-refractivity contribution is -0.497. The van der Waals surface area contributed by atoms with Crippen molar-refractivity contribution in [1.29, 1.82) is 0 Å². The van der Waals surface area contributed by atoms with E-state index in [2.05, 4.69) is 4.84 Å². The molecule has 0 radical (unpaired) electrons.